The summed E-state index contributed by atoms with van der Waals surface area (Å²) in [6.07, 6.45) is -2.47. The van der Waals surface area contributed by atoms with Crippen LogP contribution >= 0.6 is 0 Å². The van der Waals surface area contributed by atoms with Crippen LogP contribution in [-0.2, 0) is 12.6 Å². The first kappa shape index (κ1) is 12.5. The lowest BCUT2D eigenvalue weighted by molar-refractivity contribution is -0.141. The van der Waals surface area contributed by atoms with Gasteiger partial charge in [0.25, 0.3) is 0 Å². The minimum atomic E-state index is -4.45. The molecule has 0 N–H and O–H groups in total. The van der Waals surface area contributed by atoms with Gasteiger partial charge in [-0.3, -0.25) is 0 Å². The Bertz CT molecular complexity index is 405. The highest BCUT2D eigenvalue weighted by Crippen LogP contribution is 2.28. The van der Waals surface area contributed by atoms with Gasteiger partial charge in [0.15, 0.2) is 0 Å². The van der Waals surface area contributed by atoms with E-state index in [4.69, 9.17) is 5.26 Å². The smallest absolute Gasteiger partial charge is 0.247 e. The molecule has 0 aliphatic heterocycles. The van der Waals surface area contributed by atoms with E-state index in [1.54, 1.807) is 0 Å². The maximum atomic E-state index is 12.4. The van der Waals surface area contributed by atoms with Gasteiger partial charge in [-0.05, 0) is 25.0 Å². The largest absolute Gasteiger partial charge is 0.433 e. The molecule has 1 aromatic rings. The van der Waals surface area contributed by atoms with Crippen LogP contribution in [0.5, 0.6) is 0 Å². The molecule has 0 atom stereocenters. The van der Waals surface area contributed by atoms with Gasteiger partial charge in [-0.15, -0.1) is 0 Å². The van der Waals surface area contributed by atoms with E-state index in [1.165, 1.54) is 6.07 Å². The van der Waals surface area contributed by atoms with Gasteiger partial charge in [-0.1, -0.05) is 13.3 Å². The van der Waals surface area contributed by atoms with Gasteiger partial charge in [-0.25, -0.2) is 4.98 Å². The molecule has 1 heterocycles. The summed E-state index contributed by atoms with van der Waals surface area (Å²) in [7, 11) is 0. The summed E-state index contributed by atoms with van der Waals surface area (Å²) in [6.45, 7) is 1.93. The van der Waals surface area contributed by atoms with Crippen molar-refractivity contribution in [2.24, 2.45) is 0 Å². The second kappa shape index (κ2) is 4.97. The van der Waals surface area contributed by atoms with Gasteiger partial charge < -0.3 is 0 Å². The molecule has 2 nitrogen and oxygen atoms in total. The van der Waals surface area contributed by atoms with E-state index in [0.29, 0.717) is 6.42 Å². The summed E-state index contributed by atoms with van der Waals surface area (Å²) in [4.78, 5) is 3.50. The second-order valence-corrected chi connectivity index (χ2v) is 3.40. The number of hydrogen-bond donors (Lipinski definition) is 0. The monoisotopic (exact) mass is 228 g/mol. The van der Waals surface area contributed by atoms with Crippen LogP contribution in [-0.4, -0.2) is 4.98 Å². The number of alkyl halides is 3. The third-order valence-electron chi connectivity index (χ3n) is 2.15. The third-order valence-corrected chi connectivity index (χ3v) is 2.15. The summed E-state index contributed by atoms with van der Waals surface area (Å²) >= 11 is 0. The molecule has 0 saturated heterocycles. The van der Waals surface area contributed by atoms with Gasteiger partial charge in [0.05, 0.1) is 11.3 Å². The van der Waals surface area contributed by atoms with Gasteiger partial charge in [0.1, 0.15) is 11.8 Å². The van der Waals surface area contributed by atoms with Crippen LogP contribution in [0, 0.1) is 11.3 Å². The normalized spacial score (nSPS) is 11.2. The Kier molecular flexibility index (Phi) is 3.88. The zero-order valence-corrected chi connectivity index (χ0v) is 8.80. The first-order valence-corrected chi connectivity index (χ1v) is 4.96. The summed E-state index contributed by atoms with van der Waals surface area (Å²) in [6, 6.07) is 3.88. The highest BCUT2D eigenvalue weighted by atomic mass is 19.4. The van der Waals surface area contributed by atoms with E-state index in [9.17, 15) is 13.2 Å². The Morgan fingerprint density at radius 2 is 2.06 bits per heavy atom. The molecule has 0 unspecified atom stereocenters. The van der Waals surface area contributed by atoms with E-state index >= 15 is 0 Å². The van der Waals surface area contributed by atoms with Crippen molar-refractivity contribution < 1.29 is 13.2 Å². The minimum absolute atomic E-state index is 0.224. The molecule has 0 fully saturated rings. The predicted molar refractivity (Wildman–Crippen MR) is 52.6 cm³/mol. The third kappa shape index (κ3) is 2.96. The van der Waals surface area contributed by atoms with Crippen molar-refractivity contribution in [2.45, 2.75) is 32.4 Å². The first-order chi connectivity index (χ1) is 7.49. The molecule has 0 spiro atoms. The fraction of sp³-hybridized carbons (Fsp3) is 0.455. The maximum Gasteiger partial charge on any atom is 0.433 e. The number of halogens is 3. The maximum absolute atomic E-state index is 12.4. The van der Waals surface area contributed by atoms with Crippen molar-refractivity contribution in [1.82, 2.24) is 4.98 Å². The molecule has 0 aromatic carbocycles. The second-order valence-electron chi connectivity index (χ2n) is 3.40. The fourth-order valence-electron chi connectivity index (χ4n) is 1.30. The minimum Gasteiger partial charge on any atom is -0.247 e. The van der Waals surface area contributed by atoms with Crippen molar-refractivity contribution in [3.05, 3.63) is 29.1 Å². The molecular weight excluding hydrogens is 217 g/mol. The van der Waals surface area contributed by atoms with Gasteiger partial charge in [0.2, 0.25) is 0 Å². The molecule has 0 bridgehead atoms. The molecule has 0 radical (unpaired) electrons. The Balaban J connectivity index is 3.07. The topological polar surface area (TPSA) is 36.7 Å². The molecule has 5 heteroatoms. The van der Waals surface area contributed by atoms with E-state index in [2.05, 4.69) is 4.98 Å². The summed E-state index contributed by atoms with van der Waals surface area (Å²) in [5, 5.41) is 8.74. The lowest BCUT2D eigenvalue weighted by Gasteiger charge is -2.08. The predicted octanol–water partition coefficient (Wildman–Crippen LogP) is 3.31. The zero-order chi connectivity index (χ0) is 12.2. The zero-order valence-electron chi connectivity index (χ0n) is 8.80. The Morgan fingerprint density at radius 1 is 1.38 bits per heavy atom. The molecule has 86 valence electrons. The number of aryl methyl sites for hydroxylation is 1. The number of unbranched alkanes of at least 4 members (excludes halogenated alkanes) is 1. The van der Waals surface area contributed by atoms with Crippen LogP contribution in [0.4, 0.5) is 13.2 Å². The van der Waals surface area contributed by atoms with Crippen LogP contribution in [0.15, 0.2) is 12.1 Å². The average Bonchev–Trinajstić information content (AvgIpc) is 2.24. The van der Waals surface area contributed by atoms with Crippen LogP contribution in [0.25, 0.3) is 0 Å². The van der Waals surface area contributed by atoms with Crippen LogP contribution in [0.3, 0.4) is 0 Å². The number of hydrogen-bond acceptors (Lipinski definition) is 2. The standard InChI is InChI=1S/C11H11F3N2/c1-2-3-4-9-8(7-15)5-6-10(16-9)11(12,13)14/h5-6H,2-4H2,1H3. The van der Waals surface area contributed by atoms with Gasteiger partial charge in [-0.2, -0.15) is 18.4 Å². The van der Waals surface area contributed by atoms with E-state index in [-0.39, 0.29) is 11.3 Å². The number of aromatic nitrogens is 1. The first-order valence-electron chi connectivity index (χ1n) is 4.96. The summed E-state index contributed by atoms with van der Waals surface area (Å²) in [5.74, 6) is 0. The van der Waals surface area contributed by atoms with Crippen LogP contribution in [0.2, 0.25) is 0 Å². The molecule has 0 aliphatic carbocycles. The molecule has 0 saturated carbocycles. The highest BCUT2D eigenvalue weighted by Gasteiger charge is 2.32. The molecular formula is C11H11F3N2. The number of nitriles is 1. The molecule has 0 amide bonds. The van der Waals surface area contributed by atoms with Crippen LogP contribution in [0.1, 0.15) is 36.7 Å². The van der Waals surface area contributed by atoms with Gasteiger partial charge in [0, 0.05) is 0 Å². The Hall–Kier alpha value is -1.57. The molecule has 1 aromatic heterocycles. The SMILES string of the molecule is CCCCc1nc(C(F)(F)F)ccc1C#N. The lowest BCUT2D eigenvalue weighted by Crippen LogP contribution is -2.10. The number of rotatable bonds is 3. The average molecular weight is 228 g/mol. The summed E-state index contributed by atoms with van der Waals surface area (Å²) < 4.78 is 37.1. The van der Waals surface area contributed by atoms with E-state index < -0.39 is 11.9 Å². The lowest BCUT2D eigenvalue weighted by atomic mass is 10.1. The Morgan fingerprint density at radius 3 is 2.56 bits per heavy atom. The highest BCUT2D eigenvalue weighted by molar-refractivity contribution is 5.34. The quantitative estimate of drug-likeness (QED) is 0.795. The van der Waals surface area contributed by atoms with E-state index in [1.807, 2.05) is 13.0 Å². The number of pyridine rings is 1. The van der Waals surface area contributed by atoms with Crippen molar-refractivity contribution in [1.29, 1.82) is 5.26 Å². The summed E-state index contributed by atoms with van der Waals surface area (Å²) in [5.41, 5.74) is -0.474. The fourth-order valence-corrected chi connectivity index (χ4v) is 1.30. The van der Waals surface area contributed by atoms with Crippen molar-refractivity contribution >= 4 is 0 Å². The van der Waals surface area contributed by atoms with E-state index in [0.717, 1.165) is 18.9 Å². The van der Waals surface area contributed by atoms with Gasteiger partial charge >= 0.3 is 6.18 Å². The molecule has 1 rings (SSSR count). The molecule has 16 heavy (non-hydrogen) atoms. The molecule has 0 aliphatic rings. The van der Waals surface area contributed by atoms with Crippen molar-refractivity contribution in [3.63, 3.8) is 0 Å². The van der Waals surface area contributed by atoms with Crippen LogP contribution < -0.4 is 0 Å². The Labute approximate surface area is 91.7 Å². The van der Waals surface area contributed by atoms with Crippen molar-refractivity contribution in [3.8, 4) is 6.07 Å². The number of nitrogens with zero attached hydrogens (tertiary/aromatic N) is 2. The van der Waals surface area contributed by atoms with Crippen molar-refractivity contribution in [2.75, 3.05) is 0 Å².